The molecule has 1 rings (SSSR count). The lowest BCUT2D eigenvalue weighted by molar-refractivity contribution is 0.444. The third-order valence-electron chi connectivity index (χ3n) is 1.59. The Morgan fingerprint density at radius 2 is 1.75 bits per heavy atom. The first-order valence-electron chi connectivity index (χ1n) is 3.89. The number of rotatable bonds is 4. The minimum Gasteiger partial charge on any atom is -0.388 e. The Morgan fingerprint density at radius 1 is 1.19 bits per heavy atom. The highest BCUT2D eigenvalue weighted by molar-refractivity contribution is 7.87. The summed E-state index contributed by atoms with van der Waals surface area (Å²) in [5.41, 5.74) is 0. The summed E-state index contributed by atoms with van der Waals surface area (Å²) in [6.45, 7) is 3.07. The topological polar surface area (TPSA) is 97.7 Å². The molecule has 0 amide bonds. The van der Waals surface area contributed by atoms with Crippen molar-refractivity contribution in [3.8, 4) is 0 Å². The molecule has 0 radical (unpaired) electrons. The van der Waals surface area contributed by atoms with E-state index in [2.05, 4.69) is 10.8 Å². The summed E-state index contributed by atoms with van der Waals surface area (Å²) < 4.78 is 57.2. The average molecular weight is 264 g/mol. The molecule has 88 valence electrons. The minimum atomic E-state index is -4.45. The summed E-state index contributed by atoms with van der Waals surface area (Å²) >= 11 is 0. The summed E-state index contributed by atoms with van der Waals surface area (Å²) in [7, 11) is -8.53. The van der Waals surface area contributed by atoms with Gasteiger partial charge in [-0.3, -0.25) is 4.55 Å². The van der Waals surface area contributed by atoms with E-state index in [0.717, 1.165) is 18.2 Å². The largest absolute Gasteiger partial charge is 0.388 e. The molecule has 0 heterocycles. The first-order chi connectivity index (χ1) is 7.27. The van der Waals surface area contributed by atoms with Crippen LogP contribution >= 0.6 is 0 Å². The van der Waals surface area contributed by atoms with Crippen LogP contribution in [-0.2, 0) is 24.4 Å². The van der Waals surface area contributed by atoms with Crippen molar-refractivity contribution in [2.75, 3.05) is 0 Å². The molecule has 0 aliphatic heterocycles. The van der Waals surface area contributed by atoms with Gasteiger partial charge in [0.2, 0.25) is 0 Å². The van der Waals surface area contributed by atoms with Crippen LogP contribution in [0.4, 0.5) is 0 Å². The van der Waals surface area contributed by atoms with Gasteiger partial charge in [-0.25, -0.2) is 0 Å². The monoisotopic (exact) mass is 264 g/mol. The highest BCUT2D eigenvalue weighted by atomic mass is 32.2. The second-order valence-electron chi connectivity index (χ2n) is 2.67. The molecule has 0 atom stereocenters. The maximum Gasteiger partial charge on any atom is 0.338 e. The summed E-state index contributed by atoms with van der Waals surface area (Å²) in [6, 6.07) is 4.15. The van der Waals surface area contributed by atoms with E-state index in [1.807, 2.05) is 0 Å². The second-order valence-corrected chi connectivity index (χ2v) is 5.66. The van der Waals surface area contributed by atoms with E-state index in [1.165, 1.54) is 6.07 Å². The van der Waals surface area contributed by atoms with Crippen LogP contribution < -0.4 is 0 Å². The molecule has 1 aromatic rings. The second kappa shape index (κ2) is 4.24. The molecule has 16 heavy (non-hydrogen) atoms. The minimum absolute atomic E-state index is 0.387. The van der Waals surface area contributed by atoms with E-state index in [1.54, 1.807) is 0 Å². The van der Waals surface area contributed by atoms with Gasteiger partial charge in [0.25, 0.3) is 10.1 Å². The summed E-state index contributed by atoms with van der Waals surface area (Å²) in [6.07, 6.45) is 0.704. The Balaban J connectivity index is 3.35. The Morgan fingerprint density at radius 3 is 2.25 bits per heavy atom. The molecule has 0 saturated heterocycles. The predicted octanol–water partition coefficient (Wildman–Crippen LogP) is 0.782. The van der Waals surface area contributed by atoms with Crippen LogP contribution in [0.25, 0.3) is 0 Å². The maximum absolute atomic E-state index is 11.3. The lowest BCUT2D eigenvalue weighted by Gasteiger charge is -2.03. The van der Waals surface area contributed by atoms with Gasteiger partial charge in [0.05, 0.1) is 11.2 Å². The first-order valence-corrected chi connectivity index (χ1v) is 6.74. The third-order valence-corrected chi connectivity index (χ3v) is 3.66. The van der Waals surface area contributed by atoms with Crippen LogP contribution in [0.5, 0.6) is 0 Å². The van der Waals surface area contributed by atoms with Crippen LogP contribution in [-0.4, -0.2) is 21.4 Å². The smallest absolute Gasteiger partial charge is 0.338 e. The van der Waals surface area contributed by atoms with Crippen molar-refractivity contribution < 1.29 is 25.6 Å². The van der Waals surface area contributed by atoms with Crippen molar-refractivity contribution in [1.29, 1.82) is 0 Å². The zero-order chi connectivity index (χ0) is 12.4. The zero-order valence-electron chi connectivity index (χ0n) is 7.90. The molecule has 0 aromatic heterocycles. The van der Waals surface area contributed by atoms with Crippen molar-refractivity contribution in [3.05, 3.63) is 37.1 Å². The van der Waals surface area contributed by atoms with Gasteiger partial charge < -0.3 is 4.18 Å². The van der Waals surface area contributed by atoms with Crippen LogP contribution in [0.3, 0.4) is 0 Å². The van der Waals surface area contributed by atoms with Gasteiger partial charge in [-0.15, -0.1) is 0 Å². The van der Waals surface area contributed by atoms with Gasteiger partial charge in [0.1, 0.15) is 4.90 Å². The molecule has 0 saturated carbocycles. The van der Waals surface area contributed by atoms with Crippen LogP contribution in [0, 0.1) is 0 Å². The molecule has 0 aliphatic rings. The molecule has 6 nitrogen and oxygen atoms in total. The number of benzene rings is 1. The number of hydrogen-bond acceptors (Lipinski definition) is 5. The fraction of sp³-hybridized carbons (Fsp3) is 0. The maximum atomic E-state index is 11.3. The van der Waals surface area contributed by atoms with Crippen LogP contribution in [0.1, 0.15) is 0 Å². The summed E-state index contributed by atoms with van der Waals surface area (Å²) in [4.78, 5) is -0.913. The molecule has 1 aromatic carbocycles. The van der Waals surface area contributed by atoms with E-state index >= 15 is 0 Å². The Kier molecular flexibility index (Phi) is 3.36. The van der Waals surface area contributed by atoms with Crippen molar-refractivity contribution in [2.45, 2.75) is 9.79 Å². The lowest BCUT2D eigenvalue weighted by atomic mass is 10.4. The standard InChI is InChI=1S/C8H8O6S2/c1-2-14-16(12,13)8-5-3-4-7(6-8)15(9,10)11/h2-6H,1H2,(H,9,10,11). The van der Waals surface area contributed by atoms with Gasteiger partial charge in [-0.1, -0.05) is 12.6 Å². The Hall–Kier alpha value is -1.38. The molecule has 0 fully saturated rings. The molecule has 0 unspecified atom stereocenters. The Bertz CT molecular complexity index is 599. The van der Waals surface area contributed by atoms with E-state index in [4.69, 9.17) is 4.55 Å². The molecule has 0 bridgehead atoms. The highest BCUT2D eigenvalue weighted by Gasteiger charge is 2.18. The molecular formula is C8H8O6S2. The van der Waals surface area contributed by atoms with Gasteiger partial charge in [0, 0.05) is 0 Å². The normalized spacial score (nSPS) is 12.1. The highest BCUT2D eigenvalue weighted by Crippen LogP contribution is 2.17. The zero-order valence-corrected chi connectivity index (χ0v) is 9.53. The molecule has 1 N–H and O–H groups in total. The SMILES string of the molecule is C=COS(=O)(=O)c1cccc(S(=O)(=O)O)c1. The Labute approximate surface area is 93.0 Å². The summed E-state index contributed by atoms with van der Waals surface area (Å²) in [5, 5.41) is 0. The summed E-state index contributed by atoms with van der Waals surface area (Å²) in [5.74, 6) is 0. The van der Waals surface area contributed by atoms with Crippen molar-refractivity contribution in [3.63, 3.8) is 0 Å². The number of hydrogen-bond donors (Lipinski definition) is 1. The lowest BCUT2D eigenvalue weighted by Crippen LogP contribution is -2.04. The third kappa shape index (κ3) is 2.81. The fourth-order valence-corrected chi connectivity index (χ4v) is 2.34. The molecule has 0 spiro atoms. The van der Waals surface area contributed by atoms with Crippen LogP contribution in [0.15, 0.2) is 46.9 Å². The molecule has 8 heteroatoms. The van der Waals surface area contributed by atoms with E-state index in [-0.39, 0.29) is 4.90 Å². The predicted molar refractivity (Wildman–Crippen MR) is 54.7 cm³/mol. The fourth-order valence-electron chi connectivity index (χ4n) is 0.935. The van der Waals surface area contributed by atoms with Gasteiger partial charge in [-0.2, -0.15) is 16.8 Å². The van der Waals surface area contributed by atoms with Gasteiger partial charge in [0.15, 0.2) is 0 Å². The van der Waals surface area contributed by atoms with Crippen molar-refractivity contribution in [2.24, 2.45) is 0 Å². The first kappa shape index (κ1) is 12.7. The van der Waals surface area contributed by atoms with Crippen LogP contribution in [0.2, 0.25) is 0 Å². The van der Waals surface area contributed by atoms with E-state index < -0.39 is 25.1 Å². The quantitative estimate of drug-likeness (QED) is 0.490. The van der Waals surface area contributed by atoms with Gasteiger partial charge in [-0.05, 0) is 18.2 Å². The van der Waals surface area contributed by atoms with E-state index in [0.29, 0.717) is 6.26 Å². The van der Waals surface area contributed by atoms with E-state index in [9.17, 15) is 16.8 Å². The average Bonchev–Trinajstić information content (AvgIpc) is 2.16. The van der Waals surface area contributed by atoms with Gasteiger partial charge >= 0.3 is 10.1 Å². The van der Waals surface area contributed by atoms with Crippen molar-refractivity contribution >= 4 is 20.2 Å². The van der Waals surface area contributed by atoms with Crippen molar-refractivity contribution in [1.82, 2.24) is 0 Å². The molecular weight excluding hydrogens is 256 g/mol. The molecule has 0 aliphatic carbocycles.